The van der Waals surface area contributed by atoms with Crippen molar-refractivity contribution in [3.8, 4) is 0 Å². The van der Waals surface area contributed by atoms with Crippen LogP contribution in [0.3, 0.4) is 0 Å². The van der Waals surface area contributed by atoms with Gasteiger partial charge in [0.25, 0.3) is 0 Å². The predicted octanol–water partition coefficient (Wildman–Crippen LogP) is 3.77. The van der Waals surface area contributed by atoms with E-state index in [1.54, 1.807) is 0 Å². The fraction of sp³-hybridized carbons (Fsp3) is 0.455. The largest absolute Gasteiger partial charge is 0.318 e. The zero-order valence-electron chi connectivity index (χ0n) is 8.63. The summed E-state index contributed by atoms with van der Waals surface area (Å²) < 4.78 is 2.10. The van der Waals surface area contributed by atoms with Crippen LogP contribution in [0.5, 0.6) is 0 Å². The third-order valence-corrected chi connectivity index (χ3v) is 2.63. The maximum Gasteiger partial charge on any atom is 0.0588 e. The van der Waals surface area contributed by atoms with Crippen molar-refractivity contribution in [1.29, 1.82) is 0 Å². The summed E-state index contributed by atoms with van der Waals surface area (Å²) in [6, 6.07) is 8.67. The number of hydrogen-bond acceptors (Lipinski definition) is 1. The first-order valence-corrected chi connectivity index (χ1v) is 5.38. The third kappa shape index (κ3) is 2.86. The maximum absolute atomic E-state index is 2.29. The topological polar surface area (TPSA) is 3.24 Å². The highest BCUT2D eigenvalue weighted by Gasteiger charge is 2.13. The molecule has 0 fully saturated rings. The lowest BCUT2D eigenvalue weighted by Gasteiger charge is -2.21. The van der Waals surface area contributed by atoms with E-state index in [1.807, 2.05) is 0 Å². The van der Waals surface area contributed by atoms with E-state index in [2.05, 4.69) is 78.1 Å². The molecule has 1 aromatic carbocycles. The summed E-state index contributed by atoms with van der Waals surface area (Å²) in [6.07, 6.45) is 0. The van der Waals surface area contributed by atoms with Crippen molar-refractivity contribution in [3.63, 3.8) is 0 Å². The molecule has 72 valence electrons. The monoisotopic (exact) mass is 289 g/mol. The van der Waals surface area contributed by atoms with E-state index in [1.165, 1.54) is 11.3 Å². The molecule has 0 saturated carbocycles. The molecule has 13 heavy (non-hydrogen) atoms. The lowest BCUT2D eigenvalue weighted by Crippen LogP contribution is -2.11. The summed E-state index contributed by atoms with van der Waals surface area (Å²) in [6.45, 7) is 6.71. The molecule has 0 radical (unpaired) electrons. The highest BCUT2D eigenvalue weighted by molar-refractivity contribution is 14.1. The zero-order chi connectivity index (χ0) is 10.1. The average Bonchev–Trinajstić information content (AvgIpc) is 2.03. The van der Waals surface area contributed by atoms with E-state index in [0.717, 1.165) is 0 Å². The van der Waals surface area contributed by atoms with Gasteiger partial charge in [-0.3, -0.25) is 0 Å². The summed E-state index contributed by atoms with van der Waals surface area (Å²) in [5.74, 6) is 0. The molecule has 1 aromatic rings. The van der Waals surface area contributed by atoms with E-state index < -0.39 is 0 Å². The van der Waals surface area contributed by atoms with E-state index >= 15 is 0 Å². The molecule has 1 nitrogen and oxygen atoms in total. The maximum atomic E-state index is 2.29. The Balaban J connectivity index is 3.06. The molecule has 0 unspecified atom stereocenters. The van der Waals surface area contributed by atoms with Crippen LogP contribution < -0.4 is 3.11 Å². The number of benzene rings is 1. The zero-order valence-corrected chi connectivity index (χ0v) is 10.8. The smallest absolute Gasteiger partial charge is 0.0588 e. The molecule has 1 rings (SSSR count). The van der Waals surface area contributed by atoms with Gasteiger partial charge < -0.3 is 3.11 Å². The molecule has 0 saturated heterocycles. The SMILES string of the molecule is CN(I)c1cccc(C(C)(C)C)c1. The molecule has 0 N–H and O–H groups in total. The number of rotatable bonds is 1. The van der Waals surface area contributed by atoms with E-state index in [9.17, 15) is 0 Å². The summed E-state index contributed by atoms with van der Waals surface area (Å²) in [5.41, 5.74) is 2.88. The second-order valence-corrected chi connectivity index (χ2v) is 5.72. The van der Waals surface area contributed by atoms with Crippen molar-refractivity contribution < 1.29 is 0 Å². The minimum Gasteiger partial charge on any atom is -0.318 e. The molecule has 0 aliphatic heterocycles. The molecule has 0 bridgehead atoms. The Kier molecular flexibility index (Phi) is 3.22. The molecular weight excluding hydrogens is 273 g/mol. The van der Waals surface area contributed by atoms with Gasteiger partial charge in [0.1, 0.15) is 0 Å². The van der Waals surface area contributed by atoms with Crippen LogP contribution in [0.25, 0.3) is 0 Å². The fourth-order valence-corrected chi connectivity index (χ4v) is 1.46. The van der Waals surface area contributed by atoms with Gasteiger partial charge in [-0.1, -0.05) is 32.9 Å². The van der Waals surface area contributed by atoms with Gasteiger partial charge in [-0.2, -0.15) is 0 Å². The van der Waals surface area contributed by atoms with Gasteiger partial charge in [0.2, 0.25) is 0 Å². The highest BCUT2D eigenvalue weighted by Crippen LogP contribution is 2.26. The van der Waals surface area contributed by atoms with Crippen LogP contribution in [0.1, 0.15) is 26.3 Å². The van der Waals surface area contributed by atoms with Crippen LogP contribution in [0.2, 0.25) is 0 Å². The molecule has 0 aliphatic rings. The number of halogens is 1. The molecular formula is C11H16IN. The normalized spacial score (nSPS) is 11.5. The van der Waals surface area contributed by atoms with Gasteiger partial charge >= 0.3 is 0 Å². The second-order valence-electron chi connectivity index (χ2n) is 4.28. The van der Waals surface area contributed by atoms with Crippen LogP contribution >= 0.6 is 22.9 Å². The summed E-state index contributed by atoms with van der Waals surface area (Å²) in [4.78, 5) is 0. The Morgan fingerprint density at radius 3 is 2.31 bits per heavy atom. The molecule has 2 heteroatoms. The summed E-state index contributed by atoms with van der Waals surface area (Å²) in [5, 5.41) is 0. The predicted molar refractivity (Wildman–Crippen MR) is 67.6 cm³/mol. The average molecular weight is 289 g/mol. The quantitative estimate of drug-likeness (QED) is 0.562. The second kappa shape index (κ2) is 3.86. The molecule has 0 aromatic heterocycles. The van der Waals surface area contributed by atoms with Crippen LogP contribution in [-0.2, 0) is 5.41 Å². The first kappa shape index (κ1) is 10.8. The first-order chi connectivity index (χ1) is 5.91. The highest BCUT2D eigenvalue weighted by atomic mass is 127. The van der Waals surface area contributed by atoms with E-state index in [-0.39, 0.29) is 5.41 Å². The van der Waals surface area contributed by atoms with Gasteiger partial charge in [0.05, 0.1) is 22.9 Å². The Labute approximate surface area is 94.6 Å². The van der Waals surface area contributed by atoms with Crippen LogP contribution in [0, 0.1) is 0 Å². The molecule has 0 spiro atoms. The minimum absolute atomic E-state index is 0.239. The lowest BCUT2D eigenvalue weighted by atomic mass is 9.87. The Morgan fingerprint density at radius 2 is 1.85 bits per heavy atom. The standard InChI is InChI=1S/C11H16IN/c1-11(2,3)9-6-5-7-10(8-9)13(4)12/h5-8H,1-4H3. The van der Waals surface area contributed by atoms with Crippen molar-refractivity contribution >= 4 is 28.6 Å². The summed E-state index contributed by atoms with van der Waals surface area (Å²) >= 11 is 2.29. The Bertz CT molecular complexity index is 286. The van der Waals surface area contributed by atoms with Crippen molar-refractivity contribution in [2.24, 2.45) is 0 Å². The van der Waals surface area contributed by atoms with Crippen LogP contribution in [0.4, 0.5) is 5.69 Å². The Morgan fingerprint density at radius 1 is 1.23 bits per heavy atom. The van der Waals surface area contributed by atoms with Crippen molar-refractivity contribution in [2.45, 2.75) is 26.2 Å². The van der Waals surface area contributed by atoms with Gasteiger partial charge in [0.15, 0.2) is 0 Å². The van der Waals surface area contributed by atoms with Crippen molar-refractivity contribution in [1.82, 2.24) is 0 Å². The van der Waals surface area contributed by atoms with Crippen LogP contribution in [0.15, 0.2) is 24.3 Å². The number of nitrogens with zero attached hydrogens (tertiary/aromatic N) is 1. The van der Waals surface area contributed by atoms with E-state index in [4.69, 9.17) is 0 Å². The molecule has 0 aliphatic carbocycles. The van der Waals surface area contributed by atoms with Crippen LogP contribution in [-0.4, -0.2) is 7.05 Å². The molecule has 0 atom stereocenters. The number of hydrogen-bond donors (Lipinski definition) is 0. The van der Waals surface area contributed by atoms with Crippen molar-refractivity contribution in [3.05, 3.63) is 29.8 Å². The van der Waals surface area contributed by atoms with Gasteiger partial charge in [-0.05, 0) is 23.1 Å². The van der Waals surface area contributed by atoms with Gasteiger partial charge in [-0.15, -0.1) is 0 Å². The molecule has 0 heterocycles. The van der Waals surface area contributed by atoms with E-state index in [0.29, 0.717) is 0 Å². The third-order valence-electron chi connectivity index (χ3n) is 2.07. The molecule has 0 amide bonds. The van der Waals surface area contributed by atoms with Gasteiger partial charge in [-0.25, -0.2) is 0 Å². The van der Waals surface area contributed by atoms with Crippen molar-refractivity contribution in [2.75, 3.05) is 10.2 Å². The van der Waals surface area contributed by atoms with Gasteiger partial charge in [0, 0.05) is 12.7 Å². The Hall–Kier alpha value is -0.250. The fourth-order valence-electron chi connectivity index (χ4n) is 1.16. The first-order valence-electron chi connectivity index (χ1n) is 4.41. The lowest BCUT2D eigenvalue weighted by molar-refractivity contribution is 0.590. The minimum atomic E-state index is 0.239. The number of anilines is 1. The summed E-state index contributed by atoms with van der Waals surface area (Å²) in [7, 11) is 2.06.